The summed E-state index contributed by atoms with van der Waals surface area (Å²) < 4.78 is 26.2. The number of nitrogens with zero attached hydrogens (tertiary/aromatic N) is 2. The van der Waals surface area contributed by atoms with E-state index in [1.165, 1.54) is 25.0 Å². The number of carbonyl (C=O) groups excluding carboxylic acids is 1. The minimum atomic E-state index is -0.513. The molecule has 2 aromatic carbocycles. The van der Waals surface area contributed by atoms with E-state index in [1.807, 2.05) is 13.8 Å². The van der Waals surface area contributed by atoms with E-state index in [1.54, 1.807) is 30.5 Å². The van der Waals surface area contributed by atoms with Crippen LogP contribution in [0.2, 0.25) is 5.02 Å². The zero-order valence-electron chi connectivity index (χ0n) is 20.3. The van der Waals surface area contributed by atoms with Crippen molar-refractivity contribution in [2.45, 2.75) is 38.7 Å². The number of anilines is 3. The smallest absolute Gasteiger partial charge is 0.259 e. The first-order chi connectivity index (χ1) is 17.8. The van der Waals surface area contributed by atoms with Gasteiger partial charge in [-0.05, 0) is 56.9 Å². The number of fused-ring (bicyclic) bond motifs is 3. The number of benzene rings is 2. The highest BCUT2D eigenvalue weighted by atomic mass is 35.5. The van der Waals surface area contributed by atoms with Gasteiger partial charge in [-0.1, -0.05) is 17.7 Å². The largest absolute Gasteiger partial charge is 0.486 e. The quantitative estimate of drug-likeness (QED) is 0.266. The van der Waals surface area contributed by atoms with Gasteiger partial charge in [-0.15, -0.1) is 0 Å². The topological polar surface area (TPSA) is 101 Å². The highest BCUT2D eigenvalue weighted by Gasteiger charge is 2.36. The van der Waals surface area contributed by atoms with Gasteiger partial charge in [-0.3, -0.25) is 4.79 Å². The number of aromatic nitrogens is 3. The van der Waals surface area contributed by atoms with Crippen molar-refractivity contribution in [1.29, 1.82) is 0 Å². The molecule has 8 nitrogen and oxygen atoms in total. The van der Waals surface area contributed by atoms with Crippen LogP contribution in [0, 0.1) is 11.7 Å². The van der Waals surface area contributed by atoms with Gasteiger partial charge in [0.15, 0.2) is 0 Å². The van der Waals surface area contributed by atoms with Crippen molar-refractivity contribution in [2.75, 3.05) is 17.2 Å². The zero-order chi connectivity index (χ0) is 25.7. The molecule has 10 heteroatoms. The van der Waals surface area contributed by atoms with Crippen LogP contribution in [0.5, 0.6) is 11.6 Å². The average Bonchev–Trinajstić information content (AvgIpc) is 3.50. The minimum Gasteiger partial charge on any atom is -0.486 e. The molecular weight excluding hydrogens is 497 g/mol. The van der Waals surface area contributed by atoms with Crippen molar-refractivity contribution in [3.8, 4) is 11.6 Å². The molecule has 0 bridgehead atoms. The average molecular weight is 522 g/mol. The number of H-pyrrole nitrogens is 1. The van der Waals surface area contributed by atoms with Crippen molar-refractivity contribution in [3.05, 3.63) is 64.6 Å². The van der Waals surface area contributed by atoms with Crippen molar-refractivity contribution < 1.29 is 18.7 Å². The molecule has 1 aliphatic carbocycles. The first kappa shape index (κ1) is 23.5. The van der Waals surface area contributed by atoms with E-state index >= 15 is 0 Å². The van der Waals surface area contributed by atoms with E-state index in [0.717, 1.165) is 5.56 Å². The van der Waals surface area contributed by atoms with Gasteiger partial charge in [0, 0.05) is 18.1 Å². The second-order valence-corrected chi connectivity index (χ2v) is 10.5. The molecule has 0 saturated heterocycles. The summed E-state index contributed by atoms with van der Waals surface area (Å²) in [4.78, 5) is 25.4. The van der Waals surface area contributed by atoms with Gasteiger partial charge >= 0.3 is 0 Å². The van der Waals surface area contributed by atoms with Crippen molar-refractivity contribution in [2.24, 2.45) is 5.92 Å². The van der Waals surface area contributed by atoms with Gasteiger partial charge in [0.25, 0.3) is 5.91 Å². The third-order valence-corrected chi connectivity index (χ3v) is 6.74. The van der Waals surface area contributed by atoms with Gasteiger partial charge in [0.05, 0.1) is 45.8 Å². The summed E-state index contributed by atoms with van der Waals surface area (Å²) in [7, 11) is 0. The van der Waals surface area contributed by atoms with Crippen LogP contribution < -0.4 is 20.1 Å². The van der Waals surface area contributed by atoms with Gasteiger partial charge < -0.3 is 25.1 Å². The van der Waals surface area contributed by atoms with Crippen molar-refractivity contribution in [3.63, 3.8) is 0 Å². The predicted octanol–water partition coefficient (Wildman–Crippen LogP) is 6.25. The van der Waals surface area contributed by atoms with Crippen LogP contribution in [0.1, 0.15) is 42.6 Å². The lowest BCUT2D eigenvalue weighted by Gasteiger charge is -2.18. The van der Waals surface area contributed by atoms with Crippen LogP contribution in [0.25, 0.3) is 11.0 Å². The van der Waals surface area contributed by atoms with Crippen molar-refractivity contribution >= 4 is 45.9 Å². The Kier molecular flexibility index (Phi) is 5.67. The molecule has 3 heterocycles. The van der Waals surface area contributed by atoms with Crippen LogP contribution in [-0.2, 0) is 6.42 Å². The second kappa shape index (κ2) is 8.92. The lowest BCUT2D eigenvalue weighted by Crippen LogP contribution is -2.25. The third kappa shape index (κ3) is 4.79. The van der Waals surface area contributed by atoms with E-state index in [4.69, 9.17) is 21.1 Å². The van der Waals surface area contributed by atoms with E-state index in [9.17, 15) is 9.18 Å². The molecule has 1 aliphatic heterocycles. The lowest BCUT2D eigenvalue weighted by molar-refractivity contribution is 0.101. The molecule has 1 amide bonds. The normalized spacial score (nSPS) is 15.8. The van der Waals surface area contributed by atoms with Crippen LogP contribution in [0.15, 0.2) is 42.6 Å². The van der Waals surface area contributed by atoms with E-state index in [0.29, 0.717) is 58.8 Å². The Labute approximate surface area is 217 Å². The summed E-state index contributed by atoms with van der Waals surface area (Å²) in [6.45, 7) is 4.58. The number of amides is 1. The number of carbonyl (C=O) groups is 1. The monoisotopic (exact) mass is 521 g/mol. The molecule has 1 fully saturated rings. The number of rotatable bonds is 7. The number of pyridine rings is 1. The molecule has 2 aliphatic rings. The van der Waals surface area contributed by atoms with Gasteiger partial charge in [-0.2, -0.15) is 0 Å². The summed E-state index contributed by atoms with van der Waals surface area (Å²) in [6, 6.07) is 9.59. The van der Waals surface area contributed by atoms with E-state index < -0.39 is 11.4 Å². The second-order valence-electron chi connectivity index (χ2n) is 10.1. The Balaban J connectivity index is 1.30. The number of para-hydroxylation sites is 1. The number of nitrogens with one attached hydrogen (secondary N) is 3. The predicted molar refractivity (Wildman–Crippen MR) is 140 cm³/mol. The summed E-state index contributed by atoms with van der Waals surface area (Å²) >= 11 is 6.17. The third-order valence-electron chi connectivity index (χ3n) is 6.42. The van der Waals surface area contributed by atoms with Gasteiger partial charge in [0.1, 0.15) is 17.2 Å². The molecule has 0 atom stereocenters. The molecular formula is C27H25ClFN5O3. The standard InChI is InChI=1S/C27H25ClFN5O3/c1-27(2)11-17-22-20(32-26(33-22)34-23-18(28)4-3-5-19(23)29)10-16(24(17)37-27)25(35)31-15-8-9-21(30-12-15)36-13-14-6-7-14/h3-5,8-10,12,14H,6-7,11,13H2,1-2H3,(H,31,35)(H2,32,33,34). The maximum absolute atomic E-state index is 14.3. The molecule has 2 aromatic heterocycles. The number of hydrogen-bond donors (Lipinski definition) is 3. The number of imidazole rings is 1. The van der Waals surface area contributed by atoms with Crippen LogP contribution in [0.4, 0.5) is 21.7 Å². The number of halogens is 2. The molecule has 190 valence electrons. The number of aromatic amines is 1. The summed E-state index contributed by atoms with van der Waals surface area (Å²) in [5.41, 5.74) is 2.58. The molecule has 3 N–H and O–H groups in total. The highest BCUT2D eigenvalue weighted by Crippen LogP contribution is 2.42. The Morgan fingerprint density at radius 3 is 2.86 bits per heavy atom. The summed E-state index contributed by atoms with van der Waals surface area (Å²) in [6.07, 6.45) is 4.54. The molecule has 0 radical (unpaired) electrons. The summed E-state index contributed by atoms with van der Waals surface area (Å²) in [5.74, 6) is 1.11. The first-order valence-electron chi connectivity index (χ1n) is 12.1. The van der Waals surface area contributed by atoms with Crippen molar-refractivity contribution in [1.82, 2.24) is 15.0 Å². The number of ether oxygens (including phenoxy) is 2. The highest BCUT2D eigenvalue weighted by molar-refractivity contribution is 6.33. The van der Waals surface area contributed by atoms with Crippen LogP contribution in [0.3, 0.4) is 0 Å². The maximum Gasteiger partial charge on any atom is 0.259 e. The SMILES string of the molecule is CC1(C)Cc2c(c(C(=O)Nc3ccc(OCC4CC4)nc3)cc3nc(Nc4c(F)cccc4Cl)[nH]c23)O1. The first-order valence-corrected chi connectivity index (χ1v) is 12.5. The number of hydrogen-bond acceptors (Lipinski definition) is 6. The Hall–Kier alpha value is -3.85. The fourth-order valence-electron chi connectivity index (χ4n) is 4.41. The minimum absolute atomic E-state index is 0.117. The molecule has 0 unspecified atom stereocenters. The van der Waals surface area contributed by atoms with Gasteiger partial charge in [-0.25, -0.2) is 14.4 Å². The van der Waals surface area contributed by atoms with E-state index in [-0.39, 0.29) is 16.6 Å². The van der Waals surface area contributed by atoms with Crippen LogP contribution >= 0.6 is 11.6 Å². The zero-order valence-corrected chi connectivity index (χ0v) is 21.1. The lowest BCUT2D eigenvalue weighted by atomic mass is 9.98. The molecule has 1 saturated carbocycles. The molecule has 6 rings (SSSR count). The fourth-order valence-corrected chi connectivity index (χ4v) is 4.62. The Morgan fingerprint density at radius 2 is 2.14 bits per heavy atom. The molecule has 4 aromatic rings. The van der Waals surface area contributed by atoms with E-state index in [2.05, 4.69) is 25.6 Å². The Bertz CT molecular complexity index is 1490. The fraction of sp³-hybridized carbons (Fsp3) is 0.296. The van der Waals surface area contributed by atoms with Crippen LogP contribution in [-0.4, -0.2) is 33.1 Å². The summed E-state index contributed by atoms with van der Waals surface area (Å²) in [5, 5.41) is 6.04. The molecule has 0 spiro atoms. The molecule has 37 heavy (non-hydrogen) atoms. The Morgan fingerprint density at radius 1 is 1.30 bits per heavy atom. The maximum atomic E-state index is 14.3. The van der Waals surface area contributed by atoms with Gasteiger partial charge in [0.2, 0.25) is 11.8 Å².